The molecule has 0 spiro atoms. The van der Waals surface area contributed by atoms with Gasteiger partial charge in [0.05, 0.1) is 11.6 Å². The molecule has 0 unspecified atom stereocenters. The van der Waals surface area contributed by atoms with Crippen LogP contribution in [0.2, 0.25) is 0 Å². The van der Waals surface area contributed by atoms with Crippen molar-refractivity contribution in [3.8, 4) is 11.5 Å². The SMILES string of the molecule is COc1ccc(C(=O)COc2ccc(Br)cc2C)cc1Br. The van der Waals surface area contributed by atoms with E-state index in [4.69, 9.17) is 9.47 Å². The lowest BCUT2D eigenvalue weighted by Crippen LogP contribution is -2.12. The van der Waals surface area contributed by atoms with Crippen LogP contribution in [-0.4, -0.2) is 19.5 Å². The zero-order chi connectivity index (χ0) is 15.4. The molecule has 0 radical (unpaired) electrons. The van der Waals surface area contributed by atoms with Gasteiger partial charge in [-0.3, -0.25) is 4.79 Å². The van der Waals surface area contributed by atoms with E-state index in [0.717, 1.165) is 14.5 Å². The molecule has 0 heterocycles. The second kappa shape index (κ2) is 7.09. The molecule has 21 heavy (non-hydrogen) atoms. The van der Waals surface area contributed by atoms with E-state index in [-0.39, 0.29) is 12.4 Å². The molecule has 0 aliphatic rings. The minimum atomic E-state index is -0.0827. The van der Waals surface area contributed by atoms with E-state index in [1.54, 1.807) is 25.3 Å². The van der Waals surface area contributed by atoms with Crippen LogP contribution in [0.3, 0.4) is 0 Å². The van der Waals surface area contributed by atoms with Crippen LogP contribution >= 0.6 is 31.9 Å². The summed E-state index contributed by atoms with van der Waals surface area (Å²) in [6, 6.07) is 10.9. The molecule has 0 saturated heterocycles. The van der Waals surface area contributed by atoms with Gasteiger partial charge in [0.25, 0.3) is 0 Å². The lowest BCUT2D eigenvalue weighted by atomic mass is 10.1. The summed E-state index contributed by atoms with van der Waals surface area (Å²) in [5, 5.41) is 0. The Labute approximate surface area is 140 Å². The molecule has 0 aromatic heterocycles. The van der Waals surface area contributed by atoms with E-state index >= 15 is 0 Å². The highest BCUT2D eigenvalue weighted by Gasteiger charge is 2.10. The average molecular weight is 414 g/mol. The van der Waals surface area contributed by atoms with Gasteiger partial charge in [0.2, 0.25) is 0 Å². The molecule has 110 valence electrons. The summed E-state index contributed by atoms with van der Waals surface area (Å²) in [4.78, 5) is 12.2. The van der Waals surface area contributed by atoms with Crippen LogP contribution in [0.1, 0.15) is 15.9 Å². The predicted octanol–water partition coefficient (Wildman–Crippen LogP) is 4.79. The number of carbonyl (C=O) groups is 1. The fourth-order valence-corrected chi connectivity index (χ4v) is 2.86. The number of rotatable bonds is 5. The number of benzene rings is 2. The van der Waals surface area contributed by atoms with Crippen LogP contribution in [-0.2, 0) is 0 Å². The normalized spacial score (nSPS) is 10.3. The van der Waals surface area contributed by atoms with Crippen LogP contribution in [0.5, 0.6) is 11.5 Å². The van der Waals surface area contributed by atoms with Crippen molar-refractivity contribution in [3.63, 3.8) is 0 Å². The minimum absolute atomic E-state index is 0.00123. The molecule has 0 bridgehead atoms. The van der Waals surface area contributed by atoms with Crippen LogP contribution < -0.4 is 9.47 Å². The molecule has 0 saturated carbocycles. The van der Waals surface area contributed by atoms with Crippen molar-refractivity contribution in [1.29, 1.82) is 0 Å². The van der Waals surface area contributed by atoms with E-state index in [1.165, 1.54) is 0 Å². The van der Waals surface area contributed by atoms with Crippen LogP contribution in [0.4, 0.5) is 0 Å². The Kier molecular flexibility index (Phi) is 5.42. The molecular weight excluding hydrogens is 400 g/mol. The highest BCUT2D eigenvalue weighted by atomic mass is 79.9. The van der Waals surface area contributed by atoms with E-state index in [9.17, 15) is 4.79 Å². The second-order valence-corrected chi connectivity index (χ2v) is 6.24. The zero-order valence-corrected chi connectivity index (χ0v) is 14.8. The predicted molar refractivity (Wildman–Crippen MR) is 89.4 cm³/mol. The second-order valence-electron chi connectivity index (χ2n) is 4.47. The summed E-state index contributed by atoms with van der Waals surface area (Å²) >= 11 is 6.76. The van der Waals surface area contributed by atoms with Crippen molar-refractivity contribution < 1.29 is 14.3 Å². The summed E-state index contributed by atoms with van der Waals surface area (Å²) in [6.07, 6.45) is 0. The van der Waals surface area contributed by atoms with Crippen molar-refractivity contribution >= 4 is 37.6 Å². The number of hydrogen-bond acceptors (Lipinski definition) is 3. The fraction of sp³-hybridized carbons (Fsp3) is 0.188. The van der Waals surface area contributed by atoms with Gasteiger partial charge in [-0.15, -0.1) is 0 Å². The Morgan fingerprint density at radius 1 is 1.10 bits per heavy atom. The highest BCUT2D eigenvalue weighted by Crippen LogP contribution is 2.26. The summed E-state index contributed by atoms with van der Waals surface area (Å²) in [7, 11) is 1.58. The van der Waals surface area contributed by atoms with Crippen molar-refractivity contribution in [3.05, 3.63) is 56.5 Å². The molecule has 2 aromatic rings. The zero-order valence-electron chi connectivity index (χ0n) is 11.7. The smallest absolute Gasteiger partial charge is 0.200 e. The Hall–Kier alpha value is -1.33. The van der Waals surface area contributed by atoms with Gasteiger partial charge in [0.15, 0.2) is 12.4 Å². The first-order valence-electron chi connectivity index (χ1n) is 6.27. The Bertz CT molecular complexity index is 669. The highest BCUT2D eigenvalue weighted by molar-refractivity contribution is 9.10. The molecular formula is C16H14Br2O3. The number of carbonyl (C=O) groups excluding carboxylic acids is 1. The minimum Gasteiger partial charge on any atom is -0.496 e. The van der Waals surface area contributed by atoms with Gasteiger partial charge in [0, 0.05) is 10.0 Å². The number of Topliss-reactive ketones (excluding diaryl/α,β-unsaturated/α-hetero) is 1. The maximum Gasteiger partial charge on any atom is 0.200 e. The molecule has 3 nitrogen and oxygen atoms in total. The fourth-order valence-electron chi connectivity index (χ4n) is 1.84. The topological polar surface area (TPSA) is 35.5 Å². The Balaban J connectivity index is 2.06. The standard InChI is InChI=1S/C16H14Br2O3/c1-10-7-12(17)4-6-15(10)21-9-14(19)11-3-5-16(20-2)13(18)8-11/h3-8H,9H2,1-2H3. The quantitative estimate of drug-likeness (QED) is 0.661. The Morgan fingerprint density at radius 2 is 1.81 bits per heavy atom. The van der Waals surface area contributed by atoms with Crippen molar-refractivity contribution in [2.45, 2.75) is 6.92 Å². The molecule has 0 aliphatic heterocycles. The molecule has 0 amide bonds. The summed E-state index contributed by atoms with van der Waals surface area (Å²) in [5.74, 6) is 1.32. The monoisotopic (exact) mass is 412 g/mol. The number of ketones is 1. The van der Waals surface area contributed by atoms with E-state index in [1.807, 2.05) is 25.1 Å². The third-order valence-corrected chi connectivity index (χ3v) is 4.08. The first-order valence-corrected chi connectivity index (χ1v) is 7.85. The first kappa shape index (κ1) is 16.0. The molecule has 2 rings (SSSR count). The lowest BCUT2D eigenvalue weighted by molar-refractivity contribution is 0.0921. The summed E-state index contributed by atoms with van der Waals surface area (Å²) < 4.78 is 12.5. The van der Waals surface area contributed by atoms with Gasteiger partial charge < -0.3 is 9.47 Å². The average Bonchev–Trinajstić information content (AvgIpc) is 2.46. The van der Waals surface area contributed by atoms with Gasteiger partial charge in [-0.05, 0) is 64.8 Å². The van der Waals surface area contributed by atoms with Gasteiger partial charge in [0.1, 0.15) is 11.5 Å². The number of ether oxygens (including phenoxy) is 2. The lowest BCUT2D eigenvalue weighted by Gasteiger charge is -2.10. The first-order chi connectivity index (χ1) is 10.0. The van der Waals surface area contributed by atoms with Crippen LogP contribution in [0, 0.1) is 6.92 Å². The molecule has 0 aliphatic carbocycles. The van der Waals surface area contributed by atoms with E-state index in [2.05, 4.69) is 31.9 Å². The maximum absolute atomic E-state index is 12.2. The molecule has 5 heteroatoms. The van der Waals surface area contributed by atoms with Gasteiger partial charge in [-0.1, -0.05) is 15.9 Å². The molecule has 0 fully saturated rings. The maximum atomic E-state index is 12.2. The summed E-state index contributed by atoms with van der Waals surface area (Å²) in [6.45, 7) is 1.94. The van der Waals surface area contributed by atoms with Gasteiger partial charge in [-0.2, -0.15) is 0 Å². The van der Waals surface area contributed by atoms with Crippen LogP contribution in [0.25, 0.3) is 0 Å². The van der Waals surface area contributed by atoms with Crippen molar-refractivity contribution in [1.82, 2.24) is 0 Å². The third-order valence-electron chi connectivity index (χ3n) is 2.97. The Morgan fingerprint density at radius 3 is 2.43 bits per heavy atom. The molecule has 0 atom stereocenters. The number of halogens is 2. The van der Waals surface area contributed by atoms with Gasteiger partial charge >= 0.3 is 0 Å². The largest absolute Gasteiger partial charge is 0.496 e. The van der Waals surface area contributed by atoms with Crippen molar-refractivity contribution in [2.75, 3.05) is 13.7 Å². The third kappa shape index (κ3) is 4.08. The van der Waals surface area contributed by atoms with E-state index in [0.29, 0.717) is 17.1 Å². The van der Waals surface area contributed by atoms with E-state index < -0.39 is 0 Å². The van der Waals surface area contributed by atoms with Gasteiger partial charge in [-0.25, -0.2) is 0 Å². The van der Waals surface area contributed by atoms with Crippen LogP contribution in [0.15, 0.2) is 45.3 Å². The summed E-state index contributed by atoms with van der Waals surface area (Å²) in [5.41, 5.74) is 1.56. The number of hydrogen-bond donors (Lipinski definition) is 0. The molecule has 0 N–H and O–H groups in total. The number of aryl methyl sites for hydroxylation is 1. The number of methoxy groups -OCH3 is 1. The molecule has 2 aromatic carbocycles. The van der Waals surface area contributed by atoms with Crippen molar-refractivity contribution in [2.24, 2.45) is 0 Å².